The van der Waals surface area contributed by atoms with Crippen LogP contribution in [0.2, 0.25) is 0 Å². The molecule has 0 spiro atoms. The van der Waals surface area contributed by atoms with Gasteiger partial charge in [-0.25, -0.2) is 0 Å². The minimum Gasteiger partial charge on any atom is -0.365 e. The molecule has 21 heavy (non-hydrogen) atoms. The van der Waals surface area contributed by atoms with E-state index in [4.69, 9.17) is 0 Å². The summed E-state index contributed by atoms with van der Waals surface area (Å²) < 4.78 is 3.09. The van der Waals surface area contributed by atoms with Crippen LogP contribution in [0.4, 0.5) is 5.69 Å². The molecule has 1 aliphatic heterocycles. The molecule has 3 rings (SSSR count). The van der Waals surface area contributed by atoms with Gasteiger partial charge in [-0.3, -0.25) is 9.48 Å². The molecule has 0 saturated carbocycles. The first-order valence-corrected chi connectivity index (χ1v) is 8.00. The number of aromatic nitrogens is 2. The molecule has 0 amide bonds. The molecule has 0 fully saturated rings. The topological polar surface area (TPSA) is 38.1 Å². The second-order valence-electron chi connectivity index (χ2n) is 5.27. The Labute approximate surface area is 132 Å². The number of benzene rings is 1. The highest BCUT2D eigenvalue weighted by molar-refractivity contribution is 9.10. The normalized spacial score (nSPS) is 14.4. The van der Waals surface area contributed by atoms with E-state index in [2.05, 4.69) is 32.9 Å². The minimum absolute atomic E-state index is 0.237. The molecule has 0 atom stereocenters. The quantitative estimate of drug-likeness (QED) is 0.851. The van der Waals surface area contributed by atoms with Crippen molar-refractivity contribution in [2.24, 2.45) is 0 Å². The summed E-state index contributed by atoms with van der Waals surface area (Å²) in [6, 6.07) is 7.86. The highest BCUT2D eigenvalue weighted by Gasteiger charge is 2.24. The maximum absolute atomic E-state index is 12.0. The van der Waals surface area contributed by atoms with Gasteiger partial charge < -0.3 is 4.90 Å². The SMILES string of the molecule is CCn1nc(C)c(Br)c1CN1CCC(=O)c2ccccc21. The Bertz CT molecular complexity index is 693. The molecule has 0 bridgehead atoms. The second-order valence-corrected chi connectivity index (χ2v) is 6.07. The maximum Gasteiger partial charge on any atom is 0.166 e. The lowest BCUT2D eigenvalue weighted by Gasteiger charge is -2.30. The third-order valence-electron chi connectivity index (χ3n) is 3.95. The number of hydrogen-bond donors (Lipinski definition) is 0. The average molecular weight is 348 g/mol. The Kier molecular flexibility index (Phi) is 3.85. The van der Waals surface area contributed by atoms with Gasteiger partial charge in [0.15, 0.2) is 5.78 Å². The Morgan fingerprint density at radius 1 is 1.33 bits per heavy atom. The van der Waals surface area contributed by atoms with Crippen molar-refractivity contribution in [3.05, 3.63) is 45.7 Å². The summed E-state index contributed by atoms with van der Waals surface area (Å²) in [6.07, 6.45) is 0.577. The van der Waals surface area contributed by atoms with Crippen LogP contribution in [0.5, 0.6) is 0 Å². The van der Waals surface area contributed by atoms with Crippen molar-refractivity contribution in [2.45, 2.75) is 33.4 Å². The number of rotatable bonds is 3. The summed E-state index contributed by atoms with van der Waals surface area (Å²) in [5.74, 6) is 0.237. The minimum atomic E-state index is 0.237. The van der Waals surface area contributed by atoms with Gasteiger partial charge in [0.1, 0.15) is 0 Å². The fraction of sp³-hybridized carbons (Fsp3) is 0.375. The zero-order chi connectivity index (χ0) is 15.0. The van der Waals surface area contributed by atoms with Crippen LogP contribution in [0.3, 0.4) is 0 Å². The van der Waals surface area contributed by atoms with Crippen LogP contribution in [-0.4, -0.2) is 22.1 Å². The fourth-order valence-electron chi connectivity index (χ4n) is 2.84. The monoisotopic (exact) mass is 347 g/mol. The first-order chi connectivity index (χ1) is 10.1. The van der Waals surface area contributed by atoms with E-state index in [1.165, 1.54) is 5.69 Å². The van der Waals surface area contributed by atoms with Gasteiger partial charge in [0.2, 0.25) is 0 Å². The van der Waals surface area contributed by atoms with Crippen LogP contribution in [-0.2, 0) is 13.1 Å². The molecule has 1 aliphatic rings. The van der Waals surface area contributed by atoms with Crippen molar-refractivity contribution in [3.63, 3.8) is 0 Å². The lowest BCUT2D eigenvalue weighted by molar-refractivity contribution is 0.0979. The molecule has 0 radical (unpaired) electrons. The first kappa shape index (κ1) is 14.3. The summed E-state index contributed by atoms with van der Waals surface area (Å²) >= 11 is 3.64. The number of anilines is 1. The van der Waals surface area contributed by atoms with Gasteiger partial charge in [0.05, 0.1) is 22.4 Å². The summed E-state index contributed by atoms with van der Waals surface area (Å²) in [6.45, 7) is 6.47. The third kappa shape index (κ3) is 2.50. The number of carbonyl (C=O) groups is 1. The van der Waals surface area contributed by atoms with Crippen molar-refractivity contribution in [3.8, 4) is 0 Å². The van der Waals surface area contributed by atoms with Crippen molar-refractivity contribution in [2.75, 3.05) is 11.4 Å². The van der Waals surface area contributed by atoms with E-state index < -0.39 is 0 Å². The average Bonchev–Trinajstić information content (AvgIpc) is 2.78. The van der Waals surface area contributed by atoms with E-state index in [1.807, 2.05) is 35.9 Å². The van der Waals surface area contributed by atoms with Crippen LogP contribution >= 0.6 is 15.9 Å². The van der Waals surface area contributed by atoms with E-state index in [0.717, 1.165) is 41.1 Å². The third-order valence-corrected chi connectivity index (χ3v) is 4.98. The number of hydrogen-bond acceptors (Lipinski definition) is 3. The van der Waals surface area contributed by atoms with E-state index in [9.17, 15) is 4.79 Å². The van der Waals surface area contributed by atoms with Gasteiger partial charge in [-0.1, -0.05) is 12.1 Å². The zero-order valence-electron chi connectivity index (χ0n) is 12.3. The Hall–Kier alpha value is -1.62. The van der Waals surface area contributed by atoms with Crippen molar-refractivity contribution < 1.29 is 4.79 Å². The summed E-state index contributed by atoms with van der Waals surface area (Å²) in [5, 5.41) is 4.54. The maximum atomic E-state index is 12.0. The molecule has 2 heterocycles. The fourth-order valence-corrected chi connectivity index (χ4v) is 3.25. The van der Waals surface area contributed by atoms with Crippen LogP contribution in [0.15, 0.2) is 28.7 Å². The molecule has 110 valence electrons. The molecule has 1 aromatic heterocycles. The number of carbonyl (C=O) groups excluding carboxylic acids is 1. The Balaban J connectivity index is 1.97. The smallest absolute Gasteiger partial charge is 0.166 e. The number of halogens is 1. The van der Waals surface area contributed by atoms with Crippen LogP contribution < -0.4 is 4.90 Å². The van der Waals surface area contributed by atoms with Crippen molar-refractivity contribution in [1.82, 2.24) is 9.78 Å². The molecule has 4 nitrogen and oxygen atoms in total. The largest absolute Gasteiger partial charge is 0.365 e. The number of nitrogens with zero attached hydrogens (tertiary/aromatic N) is 3. The number of aryl methyl sites for hydroxylation is 2. The molecule has 0 unspecified atom stereocenters. The Morgan fingerprint density at radius 2 is 2.10 bits per heavy atom. The van der Waals surface area contributed by atoms with Crippen molar-refractivity contribution >= 4 is 27.4 Å². The highest BCUT2D eigenvalue weighted by Crippen LogP contribution is 2.30. The molecular weight excluding hydrogens is 330 g/mol. The van der Waals surface area contributed by atoms with Gasteiger partial charge in [-0.05, 0) is 41.9 Å². The van der Waals surface area contributed by atoms with E-state index >= 15 is 0 Å². The molecular formula is C16H18BrN3O. The lowest BCUT2D eigenvalue weighted by Crippen LogP contribution is -2.32. The van der Waals surface area contributed by atoms with Gasteiger partial charge in [-0.2, -0.15) is 5.10 Å². The van der Waals surface area contributed by atoms with Crippen molar-refractivity contribution in [1.29, 1.82) is 0 Å². The predicted molar refractivity (Wildman–Crippen MR) is 86.8 cm³/mol. The lowest BCUT2D eigenvalue weighted by atomic mass is 10.0. The Morgan fingerprint density at radius 3 is 2.86 bits per heavy atom. The molecule has 0 saturated heterocycles. The standard InChI is InChI=1S/C16H18BrN3O/c1-3-20-14(16(17)11(2)18-20)10-19-9-8-15(21)12-6-4-5-7-13(12)19/h4-7H,3,8-10H2,1-2H3. The van der Waals surface area contributed by atoms with Crippen LogP contribution in [0.1, 0.15) is 35.1 Å². The molecule has 1 aromatic carbocycles. The highest BCUT2D eigenvalue weighted by atomic mass is 79.9. The predicted octanol–water partition coefficient (Wildman–Crippen LogP) is 3.57. The van der Waals surface area contributed by atoms with Gasteiger partial charge >= 0.3 is 0 Å². The number of ketones is 1. The van der Waals surface area contributed by atoms with Gasteiger partial charge in [-0.15, -0.1) is 0 Å². The van der Waals surface area contributed by atoms with Gasteiger partial charge in [0.25, 0.3) is 0 Å². The number of Topliss-reactive ketones (excluding diaryl/α,β-unsaturated/α-hetero) is 1. The zero-order valence-corrected chi connectivity index (χ0v) is 13.9. The summed E-state index contributed by atoms with van der Waals surface area (Å²) in [7, 11) is 0. The summed E-state index contributed by atoms with van der Waals surface area (Å²) in [5.41, 5.74) is 4.04. The van der Waals surface area contributed by atoms with Crippen LogP contribution in [0, 0.1) is 6.92 Å². The molecule has 5 heteroatoms. The second kappa shape index (κ2) is 5.64. The van der Waals surface area contributed by atoms with E-state index in [-0.39, 0.29) is 5.78 Å². The van der Waals surface area contributed by atoms with E-state index in [0.29, 0.717) is 6.42 Å². The van der Waals surface area contributed by atoms with Gasteiger partial charge in [0, 0.05) is 30.8 Å². The molecule has 2 aromatic rings. The summed E-state index contributed by atoms with van der Waals surface area (Å²) in [4.78, 5) is 14.3. The first-order valence-electron chi connectivity index (χ1n) is 7.20. The molecule has 0 N–H and O–H groups in total. The number of para-hydroxylation sites is 1. The molecule has 0 aliphatic carbocycles. The number of fused-ring (bicyclic) bond motifs is 1. The van der Waals surface area contributed by atoms with E-state index in [1.54, 1.807) is 0 Å². The van der Waals surface area contributed by atoms with Crippen LogP contribution in [0.25, 0.3) is 0 Å².